The molecule has 116 valence electrons. The molecule has 0 aliphatic rings. The largest absolute Gasteiger partial charge is 0.497 e. The van der Waals surface area contributed by atoms with Crippen molar-refractivity contribution in [2.75, 3.05) is 18.2 Å². The first-order valence-electron chi connectivity index (χ1n) is 6.54. The van der Waals surface area contributed by atoms with Gasteiger partial charge in [-0.1, -0.05) is 18.2 Å². The summed E-state index contributed by atoms with van der Waals surface area (Å²) in [7, 11) is 1.59. The van der Waals surface area contributed by atoms with Crippen LogP contribution in [0.2, 0.25) is 0 Å². The van der Waals surface area contributed by atoms with Crippen LogP contribution in [0.5, 0.6) is 5.75 Å². The number of anilines is 1. The van der Waals surface area contributed by atoms with Crippen molar-refractivity contribution in [1.29, 1.82) is 0 Å². The highest BCUT2D eigenvalue weighted by molar-refractivity contribution is 7.99. The van der Waals surface area contributed by atoms with E-state index in [1.807, 2.05) is 24.3 Å². The number of methoxy groups -OCH3 is 1. The Morgan fingerprint density at radius 2 is 1.77 bits per heavy atom. The van der Waals surface area contributed by atoms with Gasteiger partial charge in [-0.3, -0.25) is 4.79 Å². The second-order valence-electron chi connectivity index (χ2n) is 4.49. The van der Waals surface area contributed by atoms with Crippen LogP contribution in [-0.2, 0) is 10.5 Å². The van der Waals surface area contributed by atoms with Gasteiger partial charge in [0.15, 0.2) is 0 Å². The van der Waals surface area contributed by atoms with Gasteiger partial charge in [-0.25, -0.2) is 8.78 Å². The molecule has 0 bridgehead atoms. The van der Waals surface area contributed by atoms with Gasteiger partial charge >= 0.3 is 0 Å². The molecule has 0 saturated carbocycles. The molecule has 3 nitrogen and oxygen atoms in total. The van der Waals surface area contributed by atoms with E-state index in [0.29, 0.717) is 5.75 Å². The Bertz CT molecular complexity index is 627. The molecule has 2 aromatic carbocycles. The highest BCUT2D eigenvalue weighted by atomic mass is 32.2. The summed E-state index contributed by atoms with van der Waals surface area (Å²) in [6, 6.07) is 10.9. The fourth-order valence-corrected chi connectivity index (χ4v) is 2.56. The van der Waals surface area contributed by atoms with Crippen LogP contribution < -0.4 is 10.1 Å². The number of ether oxygens (including phenoxy) is 1. The summed E-state index contributed by atoms with van der Waals surface area (Å²) in [5.41, 5.74) is 0.633. The van der Waals surface area contributed by atoms with Crippen LogP contribution in [-0.4, -0.2) is 18.8 Å². The number of thioether (sulfide) groups is 1. The van der Waals surface area contributed by atoms with Gasteiger partial charge in [-0.15, -0.1) is 11.8 Å². The maximum absolute atomic E-state index is 13.4. The van der Waals surface area contributed by atoms with Crippen LogP contribution >= 0.6 is 11.8 Å². The Kier molecular flexibility index (Phi) is 5.77. The van der Waals surface area contributed by atoms with E-state index in [0.717, 1.165) is 23.4 Å². The van der Waals surface area contributed by atoms with Crippen LogP contribution in [0.3, 0.4) is 0 Å². The standard InChI is InChI=1S/C16H15F2NO2S/c1-21-12-7-5-11(6-8-12)9-22-10-15(20)19-16-13(17)3-2-4-14(16)18/h2-8H,9-10H2,1H3,(H,19,20). The average Bonchev–Trinajstić information content (AvgIpc) is 2.52. The number of hydrogen-bond acceptors (Lipinski definition) is 3. The molecular formula is C16H15F2NO2S. The highest BCUT2D eigenvalue weighted by Crippen LogP contribution is 2.20. The van der Waals surface area contributed by atoms with E-state index < -0.39 is 23.2 Å². The minimum absolute atomic E-state index is 0.111. The number of rotatable bonds is 6. The smallest absolute Gasteiger partial charge is 0.234 e. The van der Waals surface area contributed by atoms with E-state index in [9.17, 15) is 13.6 Å². The number of benzene rings is 2. The maximum Gasteiger partial charge on any atom is 0.234 e. The SMILES string of the molecule is COc1ccc(CSCC(=O)Nc2c(F)cccc2F)cc1. The predicted octanol–water partition coefficient (Wildman–Crippen LogP) is 3.85. The molecule has 0 fully saturated rings. The third-order valence-corrected chi connectivity index (χ3v) is 3.89. The normalized spacial score (nSPS) is 10.3. The van der Waals surface area contributed by atoms with Gasteiger partial charge in [0.2, 0.25) is 5.91 Å². The van der Waals surface area contributed by atoms with E-state index in [1.165, 1.54) is 17.8 Å². The highest BCUT2D eigenvalue weighted by Gasteiger charge is 2.11. The van der Waals surface area contributed by atoms with E-state index in [4.69, 9.17) is 4.74 Å². The van der Waals surface area contributed by atoms with Crippen molar-refractivity contribution in [3.63, 3.8) is 0 Å². The first-order chi connectivity index (χ1) is 10.6. The molecule has 0 spiro atoms. The second-order valence-corrected chi connectivity index (χ2v) is 5.47. The van der Waals surface area contributed by atoms with Gasteiger partial charge in [-0.05, 0) is 29.8 Å². The molecule has 6 heteroatoms. The number of carbonyl (C=O) groups is 1. The molecule has 0 heterocycles. The fraction of sp³-hybridized carbons (Fsp3) is 0.188. The Morgan fingerprint density at radius 3 is 2.36 bits per heavy atom. The Labute approximate surface area is 131 Å². The third-order valence-electron chi connectivity index (χ3n) is 2.89. The van der Waals surface area contributed by atoms with Gasteiger partial charge in [0.25, 0.3) is 0 Å². The van der Waals surface area contributed by atoms with Gasteiger partial charge in [-0.2, -0.15) is 0 Å². The van der Waals surface area contributed by atoms with Gasteiger partial charge in [0.05, 0.1) is 12.9 Å². The first-order valence-corrected chi connectivity index (χ1v) is 7.70. The van der Waals surface area contributed by atoms with Gasteiger partial charge in [0, 0.05) is 5.75 Å². The minimum atomic E-state index is -0.784. The number of para-hydroxylation sites is 1. The monoisotopic (exact) mass is 323 g/mol. The second kappa shape index (κ2) is 7.79. The maximum atomic E-state index is 13.4. The third kappa shape index (κ3) is 4.46. The molecule has 0 aliphatic heterocycles. The van der Waals surface area contributed by atoms with Crippen LogP contribution in [0.4, 0.5) is 14.5 Å². The van der Waals surface area contributed by atoms with E-state index in [1.54, 1.807) is 7.11 Å². The van der Waals surface area contributed by atoms with Crippen molar-refractivity contribution in [3.8, 4) is 5.75 Å². The number of nitrogens with one attached hydrogen (secondary N) is 1. The quantitative estimate of drug-likeness (QED) is 0.877. The lowest BCUT2D eigenvalue weighted by atomic mass is 10.2. The molecule has 1 amide bonds. The Hall–Kier alpha value is -2.08. The lowest BCUT2D eigenvalue weighted by Crippen LogP contribution is -2.16. The summed E-state index contributed by atoms with van der Waals surface area (Å²) in [6.07, 6.45) is 0. The molecule has 0 aromatic heterocycles. The van der Waals surface area contributed by atoms with E-state index in [2.05, 4.69) is 5.32 Å². The summed E-state index contributed by atoms with van der Waals surface area (Å²) in [6.45, 7) is 0. The summed E-state index contributed by atoms with van der Waals surface area (Å²) in [5.74, 6) is -0.511. The summed E-state index contributed by atoms with van der Waals surface area (Å²) >= 11 is 1.36. The number of carbonyl (C=O) groups excluding carboxylic acids is 1. The predicted molar refractivity (Wildman–Crippen MR) is 84.1 cm³/mol. The summed E-state index contributed by atoms with van der Waals surface area (Å²) in [5, 5.41) is 2.25. The van der Waals surface area contributed by atoms with Crippen molar-refractivity contribution in [3.05, 3.63) is 59.7 Å². The first kappa shape index (κ1) is 16.3. The molecule has 0 unspecified atom stereocenters. The summed E-state index contributed by atoms with van der Waals surface area (Å²) < 4.78 is 31.9. The van der Waals surface area contributed by atoms with Gasteiger partial charge in [0.1, 0.15) is 23.1 Å². The van der Waals surface area contributed by atoms with Crippen molar-refractivity contribution in [2.45, 2.75) is 5.75 Å². The number of amides is 1. The molecule has 0 atom stereocenters. The van der Waals surface area contributed by atoms with Crippen molar-refractivity contribution in [2.24, 2.45) is 0 Å². The van der Waals surface area contributed by atoms with Crippen LogP contribution in [0.25, 0.3) is 0 Å². The van der Waals surface area contributed by atoms with Crippen molar-refractivity contribution >= 4 is 23.4 Å². The Balaban J connectivity index is 1.82. The zero-order chi connectivity index (χ0) is 15.9. The lowest BCUT2D eigenvalue weighted by Gasteiger charge is -2.07. The van der Waals surface area contributed by atoms with E-state index >= 15 is 0 Å². The van der Waals surface area contributed by atoms with Gasteiger partial charge < -0.3 is 10.1 Å². The fourth-order valence-electron chi connectivity index (χ4n) is 1.78. The number of hydrogen-bond donors (Lipinski definition) is 1. The molecule has 0 aliphatic carbocycles. The zero-order valence-electron chi connectivity index (χ0n) is 11.9. The molecule has 0 saturated heterocycles. The average molecular weight is 323 g/mol. The Morgan fingerprint density at radius 1 is 1.14 bits per heavy atom. The molecule has 1 N–H and O–H groups in total. The van der Waals surface area contributed by atoms with Crippen LogP contribution in [0.15, 0.2) is 42.5 Å². The molecule has 0 radical (unpaired) electrons. The molecule has 2 aromatic rings. The minimum Gasteiger partial charge on any atom is -0.497 e. The molecule has 2 rings (SSSR count). The molecule has 22 heavy (non-hydrogen) atoms. The van der Waals surface area contributed by atoms with E-state index in [-0.39, 0.29) is 5.75 Å². The van der Waals surface area contributed by atoms with Crippen LogP contribution in [0.1, 0.15) is 5.56 Å². The van der Waals surface area contributed by atoms with Crippen molar-refractivity contribution < 1.29 is 18.3 Å². The summed E-state index contributed by atoms with van der Waals surface area (Å²) in [4.78, 5) is 11.7. The lowest BCUT2D eigenvalue weighted by molar-refractivity contribution is -0.113. The topological polar surface area (TPSA) is 38.3 Å². The van der Waals surface area contributed by atoms with Crippen LogP contribution in [0, 0.1) is 11.6 Å². The zero-order valence-corrected chi connectivity index (χ0v) is 12.8. The van der Waals surface area contributed by atoms with Crippen molar-refractivity contribution in [1.82, 2.24) is 0 Å². The molecular weight excluding hydrogens is 308 g/mol. The number of halogens is 2.